The second-order valence-corrected chi connectivity index (χ2v) is 10.0. The molecule has 6 nitrogen and oxygen atoms in total. The minimum atomic E-state index is 0.159. The first kappa shape index (κ1) is 26.2. The van der Waals surface area contributed by atoms with E-state index in [2.05, 4.69) is 82.1 Å². The molecular formula is C33H35N5O. The Hall–Kier alpha value is -4.45. The first-order valence-electron chi connectivity index (χ1n) is 13.5. The standard InChI is InChI=1S/C33H35N5O/c1-25-11-10-16-29(21-25)36(3)31-23-32(35-24-34-31)37-17-19-38(20-18-37)33(39)22-30(28-14-8-5-9-15-28)26(2)27-12-6-4-7-13-27/h4-16,21,23-24H,17-20,22H2,1-3H3/b30-26+. The van der Waals surface area contributed by atoms with Crippen molar-refractivity contribution in [1.82, 2.24) is 14.9 Å². The molecule has 1 saturated heterocycles. The number of hydrogen-bond acceptors (Lipinski definition) is 5. The second-order valence-electron chi connectivity index (χ2n) is 10.0. The fourth-order valence-corrected chi connectivity index (χ4v) is 5.06. The van der Waals surface area contributed by atoms with Gasteiger partial charge in [0.05, 0.1) is 6.42 Å². The van der Waals surface area contributed by atoms with Gasteiger partial charge in [-0.05, 0) is 53.8 Å². The summed E-state index contributed by atoms with van der Waals surface area (Å²) in [6.07, 6.45) is 2.00. The van der Waals surface area contributed by atoms with Crippen LogP contribution in [0.25, 0.3) is 11.1 Å². The van der Waals surface area contributed by atoms with Crippen molar-refractivity contribution in [1.29, 1.82) is 0 Å². The van der Waals surface area contributed by atoms with Crippen molar-refractivity contribution >= 4 is 34.4 Å². The smallest absolute Gasteiger partial charge is 0.227 e. The van der Waals surface area contributed by atoms with Crippen LogP contribution in [0.3, 0.4) is 0 Å². The van der Waals surface area contributed by atoms with Gasteiger partial charge in [-0.1, -0.05) is 72.8 Å². The van der Waals surface area contributed by atoms with Crippen LogP contribution in [-0.2, 0) is 4.79 Å². The normalized spacial score (nSPS) is 14.1. The van der Waals surface area contributed by atoms with Crippen LogP contribution in [0.2, 0.25) is 0 Å². The largest absolute Gasteiger partial charge is 0.353 e. The van der Waals surface area contributed by atoms with Gasteiger partial charge in [-0.2, -0.15) is 0 Å². The van der Waals surface area contributed by atoms with Gasteiger partial charge in [0.15, 0.2) is 0 Å². The molecule has 0 bridgehead atoms. The summed E-state index contributed by atoms with van der Waals surface area (Å²) in [6.45, 7) is 7.00. The van der Waals surface area contributed by atoms with Gasteiger partial charge in [0.2, 0.25) is 5.91 Å². The summed E-state index contributed by atoms with van der Waals surface area (Å²) < 4.78 is 0. The summed E-state index contributed by atoms with van der Waals surface area (Å²) in [5, 5.41) is 0. The molecule has 3 aromatic carbocycles. The molecule has 0 unspecified atom stereocenters. The predicted molar refractivity (Wildman–Crippen MR) is 160 cm³/mol. The number of allylic oxidation sites excluding steroid dienone is 1. The zero-order valence-electron chi connectivity index (χ0n) is 22.9. The van der Waals surface area contributed by atoms with Crippen LogP contribution in [0.1, 0.15) is 30.0 Å². The van der Waals surface area contributed by atoms with Crippen molar-refractivity contribution in [2.75, 3.05) is 43.0 Å². The lowest BCUT2D eigenvalue weighted by Gasteiger charge is -2.36. The lowest BCUT2D eigenvalue weighted by atomic mass is 9.93. The average molecular weight is 518 g/mol. The minimum absolute atomic E-state index is 0.159. The lowest BCUT2D eigenvalue weighted by Crippen LogP contribution is -2.49. The van der Waals surface area contributed by atoms with Crippen LogP contribution < -0.4 is 9.80 Å². The van der Waals surface area contributed by atoms with Gasteiger partial charge in [-0.15, -0.1) is 0 Å². The molecule has 0 N–H and O–H groups in total. The molecular weight excluding hydrogens is 482 g/mol. The number of rotatable bonds is 7. The highest BCUT2D eigenvalue weighted by Crippen LogP contribution is 2.30. The summed E-state index contributed by atoms with van der Waals surface area (Å²) in [7, 11) is 2.02. The van der Waals surface area contributed by atoms with Gasteiger partial charge < -0.3 is 14.7 Å². The third-order valence-corrected chi connectivity index (χ3v) is 7.44. The summed E-state index contributed by atoms with van der Waals surface area (Å²) in [5.74, 6) is 1.89. The number of benzene rings is 3. The zero-order chi connectivity index (χ0) is 27.2. The Morgan fingerprint density at radius 2 is 1.49 bits per heavy atom. The Bertz CT molecular complexity index is 1440. The number of hydrogen-bond donors (Lipinski definition) is 0. The Morgan fingerprint density at radius 1 is 0.821 bits per heavy atom. The summed E-state index contributed by atoms with van der Waals surface area (Å²) in [6, 6.07) is 31.0. The van der Waals surface area contributed by atoms with E-state index in [0.717, 1.165) is 52.7 Å². The highest BCUT2D eigenvalue weighted by Gasteiger charge is 2.24. The van der Waals surface area contributed by atoms with E-state index in [-0.39, 0.29) is 5.91 Å². The third kappa shape index (κ3) is 6.17. The van der Waals surface area contributed by atoms with E-state index in [1.807, 2.05) is 54.4 Å². The van der Waals surface area contributed by atoms with Crippen LogP contribution in [-0.4, -0.2) is 54.0 Å². The Labute approximate surface area is 231 Å². The molecule has 0 saturated carbocycles. The Kier molecular flexibility index (Phi) is 8.02. The number of nitrogens with zero attached hydrogens (tertiary/aromatic N) is 5. The van der Waals surface area contributed by atoms with Crippen molar-refractivity contribution in [3.8, 4) is 0 Å². The van der Waals surface area contributed by atoms with Gasteiger partial charge in [-0.3, -0.25) is 4.79 Å². The van der Waals surface area contributed by atoms with Crippen molar-refractivity contribution in [3.05, 3.63) is 114 Å². The van der Waals surface area contributed by atoms with Crippen LogP contribution in [0.5, 0.6) is 0 Å². The second kappa shape index (κ2) is 11.9. The van der Waals surface area contributed by atoms with E-state index in [4.69, 9.17) is 0 Å². The number of anilines is 3. The van der Waals surface area contributed by atoms with E-state index < -0.39 is 0 Å². The molecule has 1 aliphatic heterocycles. The Morgan fingerprint density at radius 3 is 2.15 bits per heavy atom. The van der Waals surface area contributed by atoms with E-state index in [1.165, 1.54) is 5.56 Å². The number of aromatic nitrogens is 2. The molecule has 0 spiro atoms. The fourth-order valence-electron chi connectivity index (χ4n) is 5.06. The summed E-state index contributed by atoms with van der Waals surface area (Å²) in [4.78, 5) is 28.9. The van der Waals surface area contributed by atoms with E-state index in [0.29, 0.717) is 19.5 Å². The SMILES string of the molecule is C/C(=C(/CC(=O)N1CCN(c2cc(N(C)c3cccc(C)c3)ncn2)CC1)c1ccccc1)c1ccccc1. The van der Waals surface area contributed by atoms with Gasteiger partial charge >= 0.3 is 0 Å². The first-order chi connectivity index (χ1) is 19.0. The van der Waals surface area contributed by atoms with Gasteiger partial charge in [0.25, 0.3) is 0 Å². The molecule has 5 rings (SSSR count). The van der Waals surface area contributed by atoms with E-state index in [9.17, 15) is 4.79 Å². The number of aryl methyl sites for hydroxylation is 1. The van der Waals surface area contributed by atoms with Crippen molar-refractivity contribution in [2.45, 2.75) is 20.3 Å². The van der Waals surface area contributed by atoms with E-state index >= 15 is 0 Å². The summed E-state index contributed by atoms with van der Waals surface area (Å²) >= 11 is 0. The topological polar surface area (TPSA) is 52.6 Å². The van der Waals surface area contributed by atoms with Crippen LogP contribution >= 0.6 is 0 Å². The molecule has 1 amide bonds. The van der Waals surface area contributed by atoms with Crippen molar-refractivity contribution < 1.29 is 4.79 Å². The van der Waals surface area contributed by atoms with Crippen molar-refractivity contribution in [2.24, 2.45) is 0 Å². The number of piperazine rings is 1. The van der Waals surface area contributed by atoms with Gasteiger partial charge in [0.1, 0.15) is 18.0 Å². The minimum Gasteiger partial charge on any atom is -0.353 e. The molecule has 6 heteroatoms. The number of carbonyl (C=O) groups is 1. The molecule has 0 radical (unpaired) electrons. The summed E-state index contributed by atoms with van der Waals surface area (Å²) in [5.41, 5.74) is 6.75. The molecule has 0 aliphatic carbocycles. The van der Waals surface area contributed by atoms with Gasteiger partial charge in [-0.25, -0.2) is 9.97 Å². The molecule has 2 heterocycles. The molecule has 4 aromatic rings. The zero-order valence-corrected chi connectivity index (χ0v) is 22.9. The molecule has 1 fully saturated rings. The molecule has 198 valence electrons. The molecule has 1 aliphatic rings. The van der Waals surface area contributed by atoms with E-state index in [1.54, 1.807) is 6.33 Å². The highest BCUT2D eigenvalue weighted by atomic mass is 16.2. The molecule has 1 aromatic heterocycles. The monoisotopic (exact) mass is 517 g/mol. The quantitative estimate of drug-likeness (QED) is 0.272. The highest BCUT2D eigenvalue weighted by molar-refractivity contribution is 5.99. The van der Waals surface area contributed by atoms with Crippen molar-refractivity contribution in [3.63, 3.8) is 0 Å². The Balaban J connectivity index is 1.27. The number of carbonyl (C=O) groups excluding carboxylic acids is 1. The maximum atomic E-state index is 13.5. The average Bonchev–Trinajstić information content (AvgIpc) is 3.00. The van der Waals surface area contributed by atoms with Crippen LogP contribution in [0, 0.1) is 6.92 Å². The maximum Gasteiger partial charge on any atom is 0.227 e. The maximum absolute atomic E-state index is 13.5. The van der Waals surface area contributed by atoms with Crippen LogP contribution in [0.4, 0.5) is 17.3 Å². The first-order valence-corrected chi connectivity index (χ1v) is 13.5. The number of amides is 1. The van der Waals surface area contributed by atoms with Gasteiger partial charge in [0, 0.05) is 45.0 Å². The lowest BCUT2D eigenvalue weighted by molar-refractivity contribution is -0.130. The molecule has 0 atom stereocenters. The fraction of sp³-hybridized carbons (Fsp3) is 0.242. The molecule has 39 heavy (non-hydrogen) atoms. The van der Waals surface area contributed by atoms with Crippen LogP contribution in [0.15, 0.2) is 97.3 Å². The third-order valence-electron chi connectivity index (χ3n) is 7.44. The predicted octanol–water partition coefficient (Wildman–Crippen LogP) is 6.22.